The molecule has 154 valence electrons. The molecule has 1 saturated carbocycles. The van der Waals surface area contributed by atoms with Crippen LogP contribution in [0.4, 0.5) is 5.69 Å². The molecule has 1 aliphatic carbocycles. The Hall–Kier alpha value is -2.37. The van der Waals surface area contributed by atoms with Gasteiger partial charge in [-0.2, -0.15) is 5.10 Å². The highest BCUT2D eigenvalue weighted by atomic mass is 16.5. The van der Waals surface area contributed by atoms with Gasteiger partial charge in [-0.25, -0.2) is 5.43 Å². The number of nitrogens with one attached hydrogen (secondary N) is 2. The maximum atomic E-state index is 12.2. The zero-order valence-electron chi connectivity index (χ0n) is 17.2. The number of ether oxygens (including phenoxy) is 1. The number of hydrogen-bond acceptors (Lipinski definition) is 4. The number of carbonyl (C=O) groups is 2. The Morgan fingerprint density at radius 3 is 2.04 bits per heavy atom. The molecule has 1 fully saturated rings. The largest absolute Gasteiger partial charge is 0.495 e. The maximum Gasteiger partial charge on any atom is 0.329 e. The van der Waals surface area contributed by atoms with Gasteiger partial charge in [0.2, 0.25) is 0 Å². The minimum atomic E-state index is -0.762. The molecule has 2 rings (SSSR count). The van der Waals surface area contributed by atoms with E-state index in [-0.39, 0.29) is 0 Å². The van der Waals surface area contributed by atoms with Gasteiger partial charge in [0.05, 0.1) is 12.8 Å². The second-order valence-electron chi connectivity index (χ2n) is 7.46. The minimum Gasteiger partial charge on any atom is -0.495 e. The van der Waals surface area contributed by atoms with Crippen LogP contribution in [0.5, 0.6) is 5.75 Å². The van der Waals surface area contributed by atoms with Gasteiger partial charge < -0.3 is 10.1 Å². The summed E-state index contributed by atoms with van der Waals surface area (Å²) in [6.07, 6.45) is 12.8. The normalized spacial score (nSPS) is 16.3. The fourth-order valence-corrected chi connectivity index (χ4v) is 3.41. The number of aryl methyl sites for hydroxylation is 1. The van der Waals surface area contributed by atoms with Gasteiger partial charge in [0.25, 0.3) is 0 Å². The van der Waals surface area contributed by atoms with E-state index in [1.54, 1.807) is 12.1 Å². The van der Waals surface area contributed by atoms with Gasteiger partial charge in [0.1, 0.15) is 5.75 Å². The van der Waals surface area contributed by atoms with Gasteiger partial charge in [-0.15, -0.1) is 0 Å². The van der Waals surface area contributed by atoms with Crippen molar-refractivity contribution in [3.8, 4) is 5.75 Å². The van der Waals surface area contributed by atoms with E-state index in [4.69, 9.17) is 4.74 Å². The SMILES string of the molecule is COc1ccc(C)cc1NC(=O)C(=O)NN=C1CCCCCCCCCCC1. The quantitative estimate of drug-likeness (QED) is 0.582. The molecular formula is C22H33N3O3. The molecule has 6 nitrogen and oxygen atoms in total. The van der Waals surface area contributed by atoms with Gasteiger partial charge in [0, 0.05) is 5.71 Å². The van der Waals surface area contributed by atoms with E-state index in [1.807, 2.05) is 13.0 Å². The summed E-state index contributed by atoms with van der Waals surface area (Å²) in [5.74, 6) is -0.999. The maximum absolute atomic E-state index is 12.2. The van der Waals surface area contributed by atoms with Crippen LogP contribution in [0.1, 0.15) is 76.2 Å². The lowest BCUT2D eigenvalue weighted by atomic mass is 10.00. The average molecular weight is 388 g/mol. The highest BCUT2D eigenvalue weighted by Crippen LogP contribution is 2.25. The van der Waals surface area contributed by atoms with Crippen molar-refractivity contribution >= 4 is 23.2 Å². The first-order valence-electron chi connectivity index (χ1n) is 10.4. The molecule has 2 amide bonds. The van der Waals surface area contributed by atoms with E-state index in [0.29, 0.717) is 11.4 Å². The summed E-state index contributed by atoms with van der Waals surface area (Å²) >= 11 is 0. The molecule has 0 saturated heterocycles. The van der Waals surface area contributed by atoms with Crippen molar-refractivity contribution in [2.45, 2.75) is 77.6 Å². The third kappa shape index (κ3) is 7.71. The first kappa shape index (κ1) is 21.9. The summed E-state index contributed by atoms with van der Waals surface area (Å²) in [7, 11) is 1.52. The Kier molecular flexibility index (Phi) is 9.52. The van der Waals surface area contributed by atoms with E-state index < -0.39 is 11.8 Å². The van der Waals surface area contributed by atoms with Crippen LogP contribution in [0.25, 0.3) is 0 Å². The number of amides is 2. The number of benzene rings is 1. The topological polar surface area (TPSA) is 79.8 Å². The molecule has 0 atom stereocenters. The van der Waals surface area contributed by atoms with Crippen molar-refractivity contribution in [3.05, 3.63) is 23.8 Å². The molecule has 0 radical (unpaired) electrons. The number of nitrogens with zero attached hydrogens (tertiary/aromatic N) is 1. The van der Waals surface area contributed by atoms with Crippen molar-refractivity contribution in [2.24, 2.45) is 5.10 Å². The molecule has 6 heteroatoms. The molecule has 0 aliphatic heterocycles. The van der Waals surface area contributed by atoms with Crippen LogP contribution >= 0.6 is 0 Å². The predicted octanol–water partition coefficient (Wildman–Crippen LogP) is 4.72. The minimum absolute atomic E-state index is 0.473. The number of carbonyl (C=O) groups excluding carboxylic acids is 2. The number of methoxy groups -OCH3 is 1. The van der Waals surface area contributed by atoms with Crippen molar-refractivity contribution in [1.29, 1.82) is 0 Å². The lowest BCUT2D eigenvalue weighted by Crippen LogP contribution is -2.33. The summed E-state index contributed by atoms with van der Waals surface area (Å²) in [4.78, 5) is 24.4. The number of hydrazone groups is 1. The smallest absolute Gasteiger partial charge is 0.329 e. The summed E-state index contributed by atoms with van der Waals surface area (Å²) in [6, 6.07) is 5.40. The van der Waals surface area contributed by atoms with E-state index in [0.717, 1.165) is 37.0 Å². The molecule has 1 aromatic carbocycles. The molecule has 0 bridgehead atoms. The molecule has 1 aliphatic rings. The van der Waals surface area contributed by atoms with E-state index >= 15 is 0 Å². The van der Waals surface area contributed by atoms with Gasteiger partial charge >= 0.3 is 11.8 Å². The average Bonchev–Trinajstić information content (AvgIpc) is 2.67. The van der Waals surface area contributed by atoms with Crippen LogP contribution in [0.3, 0.4) is 0 Å². The predicted molar refractivity (Wildman–Crippen MR) is 113 cm³/mol. The zero-order valence-corrected chi connectivity index (χ0v) is 17.2. The van der Waals surface area contributed by atoms with Crippen LogP contribution < -0.4 is 15.5 Å². The second-order valence-corrected chi connectivity index (χ2v) is 7.46. The van der Waals surface area contributed by atoms with Crippen LogP contribution in [-0.4, -0.2) is 24.6 Å². The Labute approximate surface area is 168 Å². The van der Waals surface area contributed by atoms with Crippen LogP contribution in [0.2, 0.25) is 0 Å². The molecule has 0 aromatic heterocycles. The molecule has 0 heterocycles. The fourth-order valence-electron chi connectivity index (χ4n) is 3.41. The highest BCUT2D eigenvalue weighted by molar-refractivity contribution is 6.39. The number of anilines is 1. The van der Waals surface area contributed by atoms with Crippen LogP contribution in [0.15, 0.2) is 23.3 Å². The van der Waals surface area contributed by atoms with Gasteiger partial charge in [-0.05, 0) is 50.3 Å². The van der Waals surface area contributed by atoms with Crippen molar-refractivity contribution in [1.82, 2.24) is 5.43 Å². The fraction of sp³-hybridized carbons (Fsp3) is 0.591. The number of rotatable bonds is 3. The van der Waals surface area contributed by atoms with Gasteiger partial charge in [-0.3, -0.25) is 9.59 Å². The Bertz CT molecular complexity index is 672. The lowest BCUT2D eigenvalue weighted by molar-refractivity contribution is -0.136. The van der Waals surface area contributed by atoms with Crippen molar-refractivity contribution in [3.63, 3.8) is 0 Å². The summed E-state index contributed by atoms with van der Waals surface area (Å²) in [5, 5.41) is 6.86. The third-order valence-electron chi connectivity index (χ3n) is 5.06. The van der Waals surface area contributed by atoms with Crippen molar-refractivity contribution < 1.29 is 14.3 Å². The third-order valence-corrected chi connectivity index (χ3v) is 5.06. The Balaban J connectivity index is 1.91. The van der Waals surface area contributed by atoms with E-state index in [9.17, 15) is 9.59 Å². The Morgan fingerprint density at radius 1 is 0.893 bits per heavy atom. The standard InChI is InChI=1S/C22H33N3O3/c1-17-14-15-20(28-2)19(16-17)23-21(26)22(27)25-24-18-12-10-8-6-4-3-5-7-9-11-13-18/h14-16H,3-13H2,1-2H3,(H,23,26)(H,25,27). The van der Waals surface area contributed by atoms with Gasteiger partial charge in [-0.1, -0.05) is 51.0 Å². The monoisotopic (exact) mass is 387 g/mol. The molecular weight excluding hydrogens is 354 g/mol. The second kappa shape index (κ2) is 12.2. The van der Waals surface area contributed by atoms with Crippen LogP contribution in [0, 0.1) is 6.92 Å². The van der Waals surface area contributed by atoms with Crippen molar-refractivity contribution in [2.75, 3.05) is 12.4 Å². The van der Waals surface area contributed by atoms with E-state index in [2.05, 4.69) is 15.8 Å². The molecule has 1 aromatic rings. The summed E-state index contributed by atoms with van der Waals surface area (Å²) < 4.78 is 5.23. The Morgan fingerprint density at radius 2 is 1.46 bits per heavy atom. The van der Waals surface area contributed by atoms with Crippen LogP contribution in [-0.2, 0) is 9.59 Å². The number of hydrogen-bond donors (Lipinski definition) is 2. The van der Waals surface area contributed by atoms with Gasteiger partial charge in [0.15, 0.2) is 0 Å². The summed E-state index contributed by atoms with van der Waals surface area (Å²) in [5.41, 5.74) is 4.85. The first-order chi connectivity index (χ1) is 13.6. The molecule has 0 unspecified atom stereocenters. The highest BCUT2D eigenvalue weighted by Gasteiger charge is 2.16. The molecule has 28 heavy (non-hydrogen) atoms. The first-order valence-corrected chi connectivity index (χ1v) is 10.4. The lowest BCUT2D eigenvalue weighted by Gasteiger charge is -2.11. The van der Waals surface area contributed by atoms with E-state index in [1.165, 1.54) is 52.1 Å². The molecule has 0 spiro atoms. The summed E-state index contributed by atoms with van der Waals surface area (Å²) in [6.45, 7) is 1.91. The zero-order chi connectivity index (χ0) is 20.2. The molecule has 2 N–H and O–H groups in total.